The average Bonchev–Trinajstić information content (AvgIpc) is 2.81. The molecule has 1 fully saturated rings. The fraction of sp³-hybridized carbons (Fsp3) is 0.690. The van der Waals surface area contributed by atoms with Crippen LogP contribution in [0.2, 0.25) is 0 Å². The first-order valence-corrected chi connectivity index (χ1v) is 13.2. The molecule has 3 rings (SSSR count). The van der Waals surface area contributed by atoms with Gasteiger partial charge in [0.15, 0.2) is 0 Å². The molecule has 1 aromatic carbocycles. The number of allylic oxidation sites excluding steroid dienone is 2. The molecular formula is C29H44O2. The van der Waals surface area contributed by atoms with Crippen LogP contribution in [0.1, 0.15) is 126 Å². The van der Waals surface area contributed by atoms with Crippen molar-refractivity contribution in [3.63, 3.8) is 0 Å². The van der Waals surface area contributed by atoms with E-state index in [1.807, 2.05) is 12.1 Å². The standard InChI is InChI=1S/C29H44O2/c1-3-5-6-7-8-10-24-13-21-28(22-14-24)31-29(30)27-19-17-26(18-20-27)25-15-11-23(9-4-2)12-16-25/h15,17-20,23-24,28H,3-14,16,21-22H2,1-2H3/t23?,24-,28-. The highest BCUT2D eigenvalue weighted by Gasteiger charge is 2.24. The number of carbonyl (C=O) groups is 1. The van der Waals surface area contributed by atoms with Crippen molar-refractivity contribution in [3.8, 4) is 0 Å². The van der Waals surface area contributed by atoms with Crippen molar-refractivity contribution in [2.45, 2.75) is 116 Å². The molecule has 2 heteroatoms. The van der Waals surface area contributed by atoms with Crippen molar-refractivity contribution >= 4 is 11.5 Å². The molecule has 0 bridgehead atoms. The molecule has 2 aliphatic carbocycles. The number of unbranched alkanes of at least 4 members (excludes halogenated alkanes) is 4. The lowest BCUT2D eigenvalue weighted by molar-refractivity contribution is 0.0161. The second kappa shape index (κ2) is 13.1. The molecule has 0 heterocycles. The van der Waals surface area contributed by atoms with E-state index in [0.29, 0.717) is 5.56 Å². The largest absolute Gasteiger partial charge is 0.459 e. The van der Waals surface area contributed by atoms with Crippen LogP contribution in [0.25, 0.3) is 5.57 Å². The average molecular weight is 425 g/mol. The summed E-state index contributed by atoms with van der Waals surface area (Å²) >= 11 is 0. The van der Waals surface area contributed by atoms with Crippen LogP contribution in [0.4, 0.5) is 0 Å². The van der Waals surface area contributed by atoms with E-state index < -0.39 is 0 Å². The number of hydrogen-bond acceptors (Lipinski definition) is 2. The van der Waals surface area contributed by atoms with E-state index in [2.05, 4.69) is 32.1 Å². The number of ether oxygens (including phenoxy) is 1. The van der Waals surface area contributed by atoms with Gasteiger partial charge in [-0.2, -0.15) is 0 Å². The molecule has 1 saturated carbocycles. The lowest BCUT2D eigenvalue weighted by Gasteiger charge is -2.28. The van der Waals surface area contributed by atoms with E-state index in [4.69, 9.17) is 4.74 Å². The zero-order valence-electron chi connectivity index (χ0n) is 20.0. The van der Waals surface area contributed by atoms with Crippen molar-refractivity contribution in [1.82, 2.24) is 0 Å². The molecule has 2 aliphatic rings. The first-order valence-electron chi connectivity index (χ1n) is 13.2. The van der Waals surface area contributed by atoms with Gasteiger partial charge in [-0.05, 0) is 80.1 Å². The molecule has 0 radical (unpaired) electrons. The van der Waals surface area contributed by atoms with Gasteiger partial charge < -0.3 is 4.74 Å². The monoisotopic (exact) mass is 424 g/mol. The van der Waals surface area contributed by atoms with E-state index in [9.17, 15) is 4.79 Å². The summed E-state index contributed by atoms with van der Waals surface area (Å²) < 4.78 is 5.86. The van der Waals surface area contributed by atoms with Crippen LogP contribution in [-0.4, -0.2) is 12.1 Å². The maximum atomic E-state index is 12.6. The van der Waals surface area contributed by atoms with Crippen molar-refractivity contribution < 1.29 is 9.53 Å². The third-order valence-electron chi connectivity index (χ3n) is 7.49. The Hall–Kier alpha value is -1.57. The van der Waals surface area contributed by atoms with Crippen LogP contribution in [-0.2, 0) is 4.74 Å². The number of carbonyl (C=O) groups excluding carboxylic acids is 1. The van der Waals surface area contributed by atoms with Crippen LogP contribution < -0.4 is 0 Å². The van der Waals surface area contributed by atoms with Crippen molar-refractivity contribution in [3.05, 3.63) is 41.5 Å². The highest BCUT2D eigenvalue weighted by molar-refractivity contribution is 5.90. The molecule has 1 aromatic rings. The molecule has 31 heavy (non-hydrogen) atoms. The predicted octanol–water partition coefficient (Wildman–Crippen LogP) is 8.75. The van der Waals surface area contributed by atoms with Gasteiger partial charge in [0.2, 0.25) is 0 Å². The van der Waals surface area contributed by atoms with E-state index in [0.717, 1.165) is 31.1 Å². The van der Waals surface area contributed by atoms with E-state index in [1.165, 1.54) is 88.2 Å². The second-order valence-electron chi connectivity index (χ2n) is 9.99. The molecule has 0 N–H and O–H groups in total. The lowest BCUT2D eigenvalue weighted by Crippen LogP contribution is -2.24. The smallest absolute Gasteiger partial charge is 0.338 e. The quantitative estimate of drug-likeness (QED) is 0.262. The van der Waals surface area contributed by atoms with Gasteiger partial charge in [-0.15, -0.1) is 0 Å². The minimum Gasteiger partial charge on any atom is -0.459 e. The summed E-state index contributed by atoms with van der Waals surface area (Å²) in [4.78, 5) is 12.6. The molecule has 0 saturated heterocycles. The second-order valence-corrected chi connectivity index (χ2v) is 9.99. The molecule has 0 aromatic heterocycles. The Balaban J connectivity index is 1.39. The zero-order chi connectivity index (χ0) is 21.9. The summed E-state index contributed by atoms with van der Waals surface area (Å²) in [6.07, 6.45) is 21.5. The summed E-state index contributed by atoms with van der Waals surface area (Å²) in [6, 6.07) is 8.13. The van der Waals surface area contributed by atoms with Crippen LogP contribution in [0, 0.1) is 11.8 Å². The highest BCUT2D eigenvalue weighted by Crippen LogP contribution is 2.33. The topological polar surface area (TPSA) is 26.3 Å². The molecule has 2 nitrogen and oxygen atoms in total. The summed E-state index contributed by atoms with van der Waals surface area (Å²) in [7, 11) is 0. The van der Waals surface area contributed by atoms with Gasteiger partial charge in [-0.1, -0.05) is 83.4 Å². The van der Waals surface area contributed by atoms with Crippen molar-refractivity contribution in [2.75, 3.05) is 0 Å². The molecule has 1 atom stereocenters. The zero-order valence-corrected chi connectivity index (χ0v) is 20.0. The minimum absolute atomic E-state index is 0.111. The van der Waals surface area contributed by atoms with Gasteiger partial charge in [-0.3, -0.25) is 0 Å². The molecular weight excluding hydrogens is 380 g/mol. The number of esters is 1. The third-order valence-corrected chi connectivity index (χ3v) is 7.49. The van der Waals surface area contributed by atoms with Crippen LogP contribution in [0.5, 0.6) is 0 Å². The Morgan fingerprint density at radius 1 is 0.839 bits per heavy atom. The predicted molar refractivity (Wildman–Crippen MR) is 131 cm³/mol. The SMILES string of the molecule is CCCCCCC[C@H]1CC[C@H](OC(=O)c2ccc(C3=CCC(CCC)CC3)cc2)CC1. The van der Waals surface area contributed by atoms with Gasteiger partial charge in [0.05, 0.1) is 5.56 Å². The summed E-state index contributed by atoms with van der Waals surface area (Å²) in [5.41, 5.74) is 3.41. The minimum atomic E-state index is -0.143. The Kier molecular flexibility index (Phi) is 10.2. The van der Waals surface area contributed by atoms with Gasteiger partial charge in [0, 0.05) is 0 Å². The van der Waals surface area contributed by atoms with Crippen molar-refractivity contribution in [2.24, 2.45) is 11.8 Å². The fourth-order valence-electron chi connectivity index (χ4n) is 5.44. The molecule has 0 spiro atoms. The molecule has 0 aliphatic heterocycles. The molecule has 172 valence electrons. The number of rotatable bonds is 11. The Morgan fingerprint density at radius 2 is 1.58 bits per heavy atom. The Bertz CT molecular complexity index is 679. The lowest BCUT2D eigenvalue weighted by atomic mass is 9.84. The normalized spacial score (nSPS) is 23.9. The number of benzene rings is 1. The maximum Gasteiger partial charge on any atom is 0.338 e. The maximum absolute atomic E-state index is 12.6. The number of hydrogen-bond donors (Lipinski definition) is 0. The first kappa shape index (κ1) is 24.1. The van der Waals surface area contributed by atoms with Gasteiger partial charge in [0.1, 0.15) is 6.10 Å². The van der Waals surface area contributed by atoms with E-state index in [-0.39, 0.29) is 12.1 Å². The Labute approximate surface area is 190 Å². The van der Waals surface area contributed by atoms with Crippen LogP contribution >= 0.6 is 0 Å². The fourth-order valence-corrected chi connectivity index (χ4v) is 5.44. The summed E-state index contributed by atoms with van der Waals surface area (Å²) in [6.45, 7) is 4.55. The van der Waals surface area contributed by atoms with E-state index >= 15 is 0 Å². The molecule has 1 unspecified atom stereocenters. The van der Waals surface area contributed by atoms with E-state index in [1.54, 1.807) is 0 Å². The van der Waals surface area contributed by atoms with Crippen molar-refractivity contribution in [1.29, 1.82) is 0 Å². The highest BCUT2D eigenvalue weighted by atomic mass is 16.5. The van der Waals surface area contributed by atoms with Crippen LogP contribution in [0.3, 0.4) is 0 Å². The third kappa shape index (κ3) is 7.81. The van der Waals surface area contributed by atoms with Gasteiger partial charge in [0.25, 0.3) is 0 Å². The van der Waals surface area contributed by atoms with Gasteiger partial charge in [-0.25, -0.2) is 4.79 Å². The van der Waals surface area contributed by atoms with Crippen LogP contribution in [0.15, 0.2) is 30.3 Å². The summed E-state index contributed by atoms with van der Waals surface area (Å²) in [5.74, 6) is 1.56. The first-order chi connectivity index (χ1) is 15.2. The summed E-state index contributed by atoms with van der Waals surface area (Å²) in [5, 5.41) is 0. The Morgan fingerprint density at radius 3 is 2.23 bits per heavy atom. The van der Waals surface area contributed by atoms with Gasteiger partial charge >= 0.3 is 5.97 Å². The molecule has 0 amide bonds.